The zero-order valence-corrected chi connectivity index (χ0v) is 16.9. The fourth-order valence-electron chi connectivity index (χ4n) is 2.55. The number of nitrogens with one attached hydrogen (secondary N) is 1. The first-order valence-electron chi connectivity index (χ1n) is 7.91. The van der Waals surface area contributed by atoms with Crippen molar-refractivity contribution < 1.29 is 9.53 Å². The summed E-state index contributed by atoms with van der Waals surface area (Å²) in [6.07, 6.45) is 0. The summed E-state index contributed by atoms with van der Waals surface area (Å²) in [5.74, 6) is 0.747. The molecule has 0 aromatic heterocycles. The van der Waals surface area contributed by atoms with Gasteiger partial charge in [0.25, 0.3) is 0 Å². The molecular formula is C19H22BrClN2O2. The summed E-state index contributed by atoms with van der Waals surface area (Å²) in [4.78, 5) is 14.5. The molecule has 0 heterocycles. The van der Waals surface area contributed by atoms with Gasteiger partial charge >= 0.3 is 0 Å². The molecule has 0 saturated carbocycles. The minimum Gasteiger partial charge on any atom is -0.496 e. The standard InChI is InChI=1S/C19H22BrClN2O2/c1-23(2)17(13-4-7-15(21)8-5-13)11-22-12-18(24)14-6-9-19(25-3)16(20)10-14/h4-10,17,22H,11-12H2,1-3H3. The largest absolute Gasteiger partial charge is 0.496 e. The molecule has 0 spiro atoms. The fraction of sp³-hybridized carbons (Fsp3) is 0.316. The summed E-state index contributed by atoms with van der Waals surface area (Å²) in [7, 11) is 5.63. The van der Waals surface area contributed by atoms with Crippen LogP contribution in [0.25, 0.3) is 0 Å². The second-order valence-electron chi connectivity index (χ2n) is 5.93. The topological polar surface area (TPSA) is 41.6 Å². The molecule has 0 aliphatic rings. The summed E-state index contributed by atoms with van der Waals surface area (Å²) in [5.41, 5.74) is 1.80. The third kappa shape index (κ3) is 5.54. The Balaban J connectivity index is 1.96. The molecule has 134 valence electrons. The first kappa shape index (κ1) is 19.9. The molecular weight excluding hydrogens is 404 g/mol. The highest BCUT2D eigenvalue weighted by atomic mass is 79.9. The lowest BCUT2D eigenvalue weighted by Gasteiger charge is -2.25. The summed E-state index contributed by atoms with van der Waals surface area (Å²) in [6, 6.07) is 13.3. The highest BCUT2D eigenvalue weighted by Gasteiger charge is 2.15. The molecule has 0 radical (unpaired) electrons. The van der Waals surface area contributed by atoms with Crippen LogP contribution in [0.4, 0.5) is 0 Å². The van der Waals surface area contributed by atoms with Crippen LogP contribution in [0.5, 0.6) is 5.75 Å². The molecule has 1 atom stereocenters. The molecule has 2 aromatic carbocycles. The summed E-state index contributed by atoms with van der Waals surface area (Å²) < 4.78 is 5.96. The van der Waals surface area contributed by atoms with Crippen molar-refractivity contribution >= 4 is 33.3 Å². The van der Waals surface area contributed by atoms with E-state index in [2.05, 4.69) is 26.1 Å². The maximum atomic E-state index is 12.4. The van der Waals surface area contributed by atoms with E-state index in [1.165, 1.54) is 0 Å². The average molecular weight is 426 g/mol. The Morgan fingerprint density at radius 2 is 1.92 bits per heavy atom. The molecule has 25 heavy (non-hydrogen) atoms. The van der Waals surface area contributed by atoms with Crippen LogP contribution in [0.2, 0.25) is 5.02 Å². The van der Waals surface area contributed by atoms with Crippen molar-refractivity contribution in [3.63, 3.8) is 0 Å². The van der Waals surface area contributed by atoms with E-state index in [1.807, 2.05) is 38.4 Å². The number of rotatable bonds is 8. The lowest BCUT2D eigenvalue weighted by atomic mass is 10.1. The predicted octanol–water partition coefficient (Wildman–Crippen LogP) is 4.19. The highest BCUT2D eigenvalue weighted by Crippen LogP contribution is 2.25. The molecule has 0 aliphatic heterocycles. The van der Waals surface area contributed by atoms with Crippen molar-refractivity contribution in [3.8, 4) is 5.75 Å². The van der Waals surface area contributed by atoms with Crippen LogP contribution in [0, 0.1) is 0 Å². The number of methoxy groups -OCH3 is 1. The van der Waals surface area contributed by atoms with Crippen molar-refractivity contribution in [2.45, 2.75) is 6.04 Å². The molecule has 1 unspecified atom stereocenters. The van der Waals surface area contributed by atoms with E-state index < -0.39 is 0 Å². The van der Waals surface area contributed by atoms with Gasteiger partial charge in [0.2, 0.25) is 0 Å². The van der Waals surface area contributed by atoms with Crippen LogP contribution < -0.4 is 10.1 Å². The lowest BCUT2D eigenvalue weighted by molar-refractivity contribution is 0.0988. The van der Waals surface area contributed by atoms with Gasteiger partial charge in [0.05, 0.1) is 18.1 Å². The Kier molecular flexibility index (Phi) is 7.44. The van der Waals surface area contributed by atoms with Crippen molar-refractivity contribution in [3.05, 3.63) is 63.1 Å². The van der Waals surface area contributed by atoms with E-state index >= 15 is 0 Å². The summed E-state index contributed by atoms with van der Waals surface area (Å²) in [6.45, 7) is 0.939. The molecule has 4 nitrogen and oxygen atoms in total. The molecule has 0 fully saturated rings. The number of ketones is 1. The lowest BCUT2D eigenvalue weighted by Crippen LogP contribution is -2.33. The van der Waals surface area contributed by atoms with Crippen LogP contribution in [-0.4, -0.2) is 45.0 Å². The van der Waals surface area contributed by atoms with Gasteiger partial charge in [0, 0.05) is 23.2 Å². The highest BCUT2D eigenvalue weighted by molar-refractivity contribution is 9.10. The van der Waals surface area contributed by atoms with E-state index in [0.717, 1.165) is 15.1 Å². The molecule has 1 N–H and O–H groups in total. The number of carbonyl (C=O) groups is 1. The number of carbonyl (C=O) groups excluding carboxylic acids is 1. The zero-order chi connectivity index (χ0) is 18.4. The quantitative estimate of drug-likeness (QED) is 0.644. The third-order valence-electron chi connectivity index (χ3n) is 3.98. The van der Waals surface area contributed by atoms with Crippen LogP contribution in [0.3, 0.4) is 0 Å². The molecule has 0 aliphatic carbocycles. The van der Waals surface area contributed by atoms with Crippen molar-refractivity contribution in [1.29, 1.82) is 0 Å². The number of hydrogen-bond acceptors (Lipinski definition) is 4. The van der Waals surface area contributed by atoms with Crippen LogP contribution in [0.15, 0.2) is 46.9 Å². The Labute approximate surface area is 162 Å². The minimum absolute atomic E-state index is 0.0389. The van der Waals surface area contributed by atoms with Gasteiger partial charge in [-0.2, -0.15) is 0 Å². The number of hydrogen-bond donors (Lipinski definition) is 1. The predicted molar refractivity (Wildman–Crippen MR) is 106 cm³/mol. The normalized spacial score (nSPS) is 12.2. The summed E-state index contributed by atoms with van der Waals surface area (Å²) in [5, 5.41) is 3.97. The number of ether oxygens (including phenoxy) is 1. The smallest absolute Gasteiger partial charge is 0.176 e. The molecule has 0 bridgehead atoms. The Hall–Kier alpha value is -1.40. The molecule has 6 heteroatoms. The average Bonchev–Trinajstić information content (AvgIpc) is 2.59. The van der Waals surface area contributed by atoms with E-state index in [-0.39, 0.29) is 18.4 Å². The Bertz CT molecular complexity index is 720. The Morgan fingerprint density at radius 1 is 1.24 bits per heavy atom. The maximum Gasteiger partial charge on any atom is 0.176 e. The zero-order valence-electron chi connectivity index (χ0n) is 14.6. The molecule has 2 rings (SSSR count). The Morgan fingerprint density at radius 3 is 2.48 bits per heavy atom. The third-order valence-corrected chi connectivity index (χ3v) is 4.85. The van der Waals surface area contributed by atoms with Gasteiger partial charge in [-0.15, -0.1) is 0 Å². The summed E-state index contributed by atoms with van der Waals surface area (Å²) >= 11 is 9.36. The monoisotopic (exact) mass is 424 g/mol. The minimum atomic E-state index is 0.0389. The first-order chi connectivity index (χ1) is 11.9. The van der Waals surface area contributed by atoms with Gasteiger partial charge in [0.1, 0.15) is 5.75 Å². The van der Waals surface area contributed by atoms with Gasteiger partial charge in [-0.05, 0) is 65.9 Å². The first-order valence-corrected chi connectivity index (χ1v) is 9.09. The second-order valence-corrected chi connectivity index (χ2v) is 7.23. The molecule has 2 aromatic rings. The number of halogens is 2. The number of likely N-dealkylation sites (N-methyl/N-ethyl adjacent to an activating group) is 1. The number of benzene rings is 2. The van der Waals surface area contributed by atoms with E-state index in [0.29, 0.717) is 17.9 Å². The molecule has 0 saturated heterocycles. The SMILES string of the molecule is COc1ccc(C(=O)CNCC(c2ccc(Cl)cc2)N(C)C)cc1Br. The van der Waals surface area contributed by atoms with Crippen LogP contribution >= 0.6 is 27.5 Å². The van der Waals surface area contributed by atoms with Crippen molar-refractivity contribution in [2.75, 3.05) is 34.3 Å². The van der Waals surface area contributed by atoms with Gasteiger partial charge in [-0.25, -0.2) is 0 Å². The molecule has 0 amide bonds. The van der Waals surface area contributed by atoms with Crippen molar-refractivity contribution in [1.82, 2.24) is 10.2 Å². The van der Waals surface area contributed by atoms with Gasteiger partial charge < -0.3 is 15.0 Å². The maximum absolute atomic E-state index is 12.4. The van der Waals surface area contributed by atoms with E-state index in [9.17, 15) is 4.79 Å². The van der Waals surface area contributed by atoms with Crippen molar-refractivity contribution in [2.24, 2.45) is 0 Å². The van der Waals surface area contributed by atoms with E-state index in [4.69, 9.17) is 16.3 Å². The van der Waals surface area contributed by atoms with Crippen LogP contribution in [0.1, 0.15) is 22.0 Å². The van der Waals surface area contributed by atoms with Gasteiger partial charge in [0.15, 0.2) is 5.78 Å². The number of nitrogens with zero attached hydrogens (tertiary/aromatic N) is 1. The van der Waals surface area contributed by atoms with Crippen LogP contribution in [-0.2, 0) is 0 Å². The fourth-order valence-corrected chi connectivity index (χ4v) is 3.21. The van der Waals surface area contributed by atoms with Gasteiger partial charge in [-0.1, -0.05) is 23.7 Å². The van der Waals surface area contributed by atoms with Gasteiger partial charge in [-0.3, -0.25) is 4.79 Å². The van der Waals surface area contributed by atoms with E-state index in [1.54, 1.807) is 25.3 Å². The second kappa shape index (κ2) is 9.34. The number of Topliss-reactive ketones (excluding diaryl/α,β-unsaturated/α-hetero) is 1.